The van der Waals surface area contributed by atoms with Gasteiger partial charge in [-0.2, -0.15) is 5.01 Å². The Morgan fingerprint density at radius 2 is 1.88 bits per heavy atom. The number of rotatable bonds is 5. The van der Waals surface area contributed by atoms with Gasteiger partial charge < -0.3 is 5.32 Å². The third-order valence-electron chi connectivity index (χ3n) is 5.43. The van der Waals surface area contributed by atoms with Crippen molar-refractivity contribution >= 4 is 17.8 Å². The zero-order valence-electron chi connectivity index (χ0n) is 15.3. The van der Waals surface area contributed by atoms with Gasteiger partial charge >= 0.3 is 6.03 Å². The highest BCUT2D eigenvalue weighted by atomic mass is 16.2. The Balaban J connectivity index is 1.49. The van der Waals surface area contributed by atoms with Crippen molar-refractivity contribution in [2.45, 2.75) is 44.6 Å². The minimum Gasteiger partial charge on any atom is -0.322 e. The number of hydrazine groups is 1. The largest absolute Gasteiger partial charge is 0.344 e. The van der Waals surface area contributed by atoms with E-state index in [1.807, 2.05) is 13.0 Å². The summed E-state index contributed by atoms with van der Waals surface area (Å²) in [4.78, 5) is 38.6. The van der Waals surface area contributed by atoms with Crippen LogP contribution in [0, 0.1) is 0 Å². The van der Waals surface area contributed by atoms with Crippen LogP contribution in [0.2, 0.25) is 0 Å². The summed E-state index contributed by atoms with van der Waals surface area (Å²) < 4.78 is 0. The molecule has 0 unspecified atom stereocenters. The standard InChI is InChI=1S/C19H26N4O3/c1-3-19(2)17(25)23(18(26)20-19)21-16(24)13-22-11-9-15(10-12-22)14-7-5-4-6-8-14/h4-8,15H,3,9-13H2,1-2H3,(H,20,26)(H,21,24)/t19-/m1/s1. The zero-order valence-corrected chi connectivity index (χ0v) is 15.3. The molecule has 2 heterocycles. The van der Waals surface area contributed by atoms with Gasteiger partial charge in [0.2, 0.25) is 0 Å². The summed E-state index contributed by atoms with van der Waals surface area (Å²) in [7, 11) is 0. The summed E-state index contributed by atoms with van der Waals surface area (Å²) in [6.45, 7) is 5.30. The molecule has 2 saturated heterocycles. The fraction of sp³-hybridized carbons (Fsp3) is 0.526. The average Bonchev–Trinajstić information content (AvgIpc) is 2.87. The molecule has 2 fully saturated rings. The molecule has 3 rings (SSSR count). The fourth-order valence-corrected chi connectivity index (χ4v) is 3.54. The molecule has 0 saturated carbocycles. The van der Waals surface area contributed by atoms with Crippen LogP contribution in [-0.4, -0.2) is 52.9 Å². The minimum atomic E-state index is -0.946. The molecule has 26 heavy (non-hydrogen) atoms. The van der Waals surface area contributed by atoms with E-state index in [2.05, 4.69) is 39.9 Å². The lowest BCUT2D eigenvalue weighted by Crippen LogP contribution is -2.51. The van der Waals surface area contributed by atoms with Crippen LogP contribution in [-0.2, 0) is 9.59 Å². The molecule has 1 aromatic carbocycles. The highest BCUT2D eigenvalue weighted by Crippen LogP contribution is 2.27. The minimum absolute atomic E-state index is 0.182. The summed E-state index contributed by atoms with van der Waals surface area (Å²) in [6, 6.07) is 9.84. The predicted molar refractivity (Wildman–Crippen MR) is 97.1 cm³/mol. The first-order chi connectivity index (χ1) is 12.4. The number of likely N-dealkylation sites (tertiary alicyclic amines) is 1. The molecule has 0 spiro atoms. The molecule has 0 aromatic heterocycles. The van der Waals surface area contributed by atoms with E-state index in [0.717, 1.165) is 30.9 Å². The Kier molecular flexibility index (Phi) is 5.27. The molecule has 140 valence electrons. The topological polar surface area (TPSA) is 81.8 Å². The zero-order chi connectivity index (χ0) is 18.7. The number of carbonyl (C=O) groups excluding carboxylic acids is 3. The van der Waals surface area contributed by atoms with E-state index in [0.29, 0.717) is 12.3 Å². The smallest absolute Gasteiger partial charge is 0.322 e. The van der Waals surface area contributed by atoms with E-state index in [9.17, 15) is 14.4 Å². The van der Waals surface area contributed by atoms with Crippen LogP contribution in [0.3, 0.4) is 0 Å². The maximum Gasteiger partial charge on any atom is 0.344 e. The van der Waals surface area contributed by atoms with Crippen molar-refractivity contribution in [1.29, 1.82) is 0 Å². The first kappa shape index (κ1) is 18.4. The van der Waals surface area contributed by atoms with Gasteiger partial charge in [-0.3, -0.25) is 19.9 Å². The van der Waals surface area contributed by atoms with Gasteiger partial charge in [0.05, 0.1) is 6.54 Å². The molecule has 2 aliphatic heterocycles. The fourth-order valence-electron chi connectivity index (χ4n) is 3.54. The molecule has 2 aliphatic rings. The predicted octanol–water partition coefficient (Wildman–Crippen LogP) is 1.62. The maximum atomic E-state index is 12.3. The third kappa shape index (κ3) is 3.72. The Labute approximate surface area is 153 Å². The molecular weight excluding hydrogens is 332 g/mol. The van der Waals surface area contributed by atoms with Crippen molar-refractivity contribution in [1.82, 2.24) is 20.7 Å². The van der Waals surface area contributed by atoms with E-state index in [1.54, 1.807) is 6.92 Å². The lowest BCUT2D eigenvalue weighted by atomic mass is 9.89. The van der Waals surface area contributed by atoms with E-state index >= 15 is 0 Å². The molecule has 0 bridgehead atoms. The quantitative estimate of drug-likeness (QED) is 0.784. The van der Waals surface area contributed by atoms with Crippen molar-refractivity contribution in [3.8, 4) is 0 Å². The van der Waals surface area contributed by atoms with Crippen LogP contribution in [0.15, 0.2) is 30.3 Å². The maximum absolute atomic E-state index is 12.3. The summed E-state index contributed by atoms with van der Waals surface area (Å²) in [5.41, 5.74) is 2.85. The number of amides is 4. The second kappa shape index (κ2) is 7.45. The molecule has 0 aliphatic carbocycles. The molecule has 1 atom stereocenters. The van der Waals surface area contributed by atoms with E-state index in [4.69, 9.17) is 0 Å². The molecule has 7 heteroatoms. The molecule has 7 nitrogen and oxygen atoms in total. The van der Waals surface area contributed by atoms with Crippen LogP contribution in [0.5, 0.6) is 0 Å². The van der Waals surface area contributed by atoms with Crippen LogP contribution in [0.25, 0.3) is 0 Å². The van der Waals surface area contributed by atoms with E-state index in [1.165, 1.54) is 5.56 Å². The number of nitrogens with zero attached hydrogens (tertiary/aromatic N) is 2. The van der Waals surface area contributed by atoms with Crippen LogP contribution in [0.1, 0.15) is 44.6 Å². The SMILES string of the molecule is CC[C@@]1(C)NC(=O)N(NC(=O)CN2CCC(c3ccccc3)CC2)C1=O. The first-order valence-electron chi connectivity index (χ1n) is 9.16. The van der Waals surface area contributed by atoms with Gasteiger partial charge in [0.15, 0.2) is 0 Å². The first-order valence-corrected chi connectivity index (χ1v) is 9.16. The van der Waals surface area contributed by atoms with Gasteiger partial charge in [0, 0.05) is 0 Å². The van der Waals surface area contributed by atoms with Gasteiger partial charge in [0.1, 0.15) is 5.54 Å². The third-order valence-corrected chi connectivity index (χ3v) is 5.43. The summed E-state index contributed by atoms with van der Waals surface area (Å²) in [6.07, 6.45) is 2.46. The highest BCUT2D eigenvalue weighted by Gasteiger charge is 2.47. The molecule has 0 radical (unpaired) electrons. The van der Waals surface area contributed by atoms with Crippen molar-refractivity contribution in [3.63, 3.8) is 0 Å². The number of benzene rings is 1. The summed E-state index contributed by atoms with van der Waals surface area (Å²) >= 11 is 0. The number of imide groups is 1. The molecular formula is C19H26N4O3. The summed E-state index contributed by atoms with van der Waals surface area (Å²) in [5.74, 6) is -0.236. The Morgan fingerprint density at radius 3 is 2.46 bits per heavy atom. The Hall–Kier alpha value is -2.41. The number of urea groups is 1. The number of hydrogen-bond donors (Lipinski definition) is 2. The Morgan fingerprint density at radius 1 is 1.23 bits per heavy atom. The van der Waals surface area contributed by atoms with Crippen LogP contribution < -0.4 is 10.7 Å². The van der Waals surface area contributed by atoms with Gasteiger partial charge in [-0.05, 0) is 50.8 Å². The van der Waals surface area contributed by atoms with E-state index in [-0.39, 0.29) is 12.5 Å². The average molecular weight is 358 g/mol. The lowest BCUT2D eigenvalue weighted by Gasteiger charge is -2.32. The van der Waals surface area contributed by atoms with Crippen LogP contribution >= 0.6 is 0 Å². The van der Waals surface area contributed by atoms with Crippen LogP contribution in [0.4, 0.5) is 4.79 Å². The normalized spacial score (nSPS) is 24.6. The number of hydrogen-bond acceptors (Lipinski definition) is 4. The second-order valence-electron chi connectivity index (χ2n) is 7.25. The Bertz CT molecular complexity index is 685. The second-order valence-corrected chi connectivity index (χ2v) is 7.25. The van der Waals surface area contributed by atoms with Gasteiger partial charge in [-0.15, -0.1) is 0 Å². The highest BCUT2D eigenvalue weighted by molar-refractivity contribution is 6.07. The summed E-state index contributed by atoms with van der Waals surface area (Å²) in [5, 5.41) is 3.43. The molecule has 2 N–H and O–H groups in total. The van der Waals surface area contributed by atoms with E-state index < -0.39 is 17.5 Å². The van der Waals surface area contributed by atoms with Gasteiger partial charge in [-0.25, -0.2) is 4.79 Å². The van der Waals surface area contributed by atoms with Crippen molar-refractivity contribution in [2.75, 3.05) is 19.6 Å². The monoisotopic (exact) mass is 358 g/mol. The molecule has 1 aromatic rings. The van der Waals surface area contributed by atoms with Gasteiger partial charge in [0.25, 0.3) is 11.8 Å². The van der Waals surface area contributed by atoms with Gasteiger partial charge in [-0.1, -0.05) is 37.3 Å². The molecule has 4 amide bonds. The number of piperidine rings is 1. The van der Waals surface area contributed by atoms with Crippen molar-refractivity contribution in [2.24, 2.45) is 0 Å². The van der Waals surface area contributed by atoms with Crippen molar-refractivity contribution in [3.05, 3.63) is 35.9 Å². The van der Waals surface area contributed by atoms with Crippen molar-refractivity contribution < 1.29 is 14.4 Å². The number of nitrogens with one attached hydrogen (secondary N) is 2. The lowest BCUT2D eigenvalue weighted by molar-refractivity contribution is -0.139. The number of carbonyl (C=O) groups is 3.